The zero-order valence-electron chi connectivity index (χ0n) is 14.2. The largest absolute Gasteiger partial charge is 0.373 e. The molecule has 0 bridgehead atoms. The summed E-state index contributed by atoms with van der Waals surface area (Å²) in [6.45, 7) is 3.91. The van der Waals surface area contributed by atoms with Crippen molar-refractivity contribution in [3.8, 4) is 0 Å². The molecule has 1 atom stereocenters. The van der Waals surface area contributed by atoms with E-state index in [2.05, 4.69) is 10.3 Å². The van der Waals surface area contributed by atoms with E-state index in [1.807, 2.05) is 62.5 Å². The Labute approximate surface area is 145 Å². The molecule has 2 aromatic carbocycles. The van der Waals surface area contributed by atoms with E-state index in [0.29, 0.717) is 5.69 Å². The Kier molecular flexibility index (Phi) is 3.57. The van der Waals surface area contributed by atoms with Crippen LogP contribution in [0.4, 0.5) is 11.4 Å². The first-order chi connectivity index (χ1) is 12.0. The summed E-state index contributed by atoms with van der Waals surface area (Å²) in [6.07, 6.45) is 2.04. The molecule has 2 N–H and O–H groups in total. The third kappa shape index (κ3) is 2.58. The predicted molar refractivity (Wildman–Crippen MR) is 98.7 cm³/mol. The number of amides is 2. The summed E-state index contributed by atoms with van der Waals surface area (Å²) in [7, 11) is 0. The maximum absolute atomic E-state index is 12.8. The topological polar surface area (TPSA) is 65.2 Å². The van der Waals surface area contributed by atoms with E-state index in [1.165, 1.54) is 4.90 Å². The Bertz CT molecular complexity index is 990. The molecule has 5 heteroatoms. The number of nitrogens with zero attached hydrogens (tertiary/aromatic N) is 1. The molecule has 1 aliphatic heterocycles. The fraction of sp³-hybridized carbons (Fsp3) is 0.200. The standard InChI is InChI=1S/C20H19N3O2/c1-12-4-3-5-18(13(12)2)23-19(24)11-17(20(23)25)22-15-7-6-14-8-9-21-16(14)10-15/h3-10,17,21-22H,11H2,1-2H3/t17-/m1/s1. The number of H-pyrrole nitrogens is 1. The number of anilines is 2. The molecular weight excluding hydrogens is 314 g/mol. The lowest BCUT2D eigenvalue weighted by molar-refractivity contribution is -0.121. The minimum atomic E-state index is -0.542. The highest BCUT2D eigenvalue weighted by molar-refractivity contribution is 6.23. The van der Waals surface area contributed by atoms with Crippen LogP contribution in [-0.2, 0) is 9.59 Å². The molecule has 25 heavy (non-hydrogen) atoms. The summed E-state index contributed by atoms with van der Waals surface area (Å²) >= 11 is 0. The van der Waals surface area contributed by atoms with Gasteiger partial charge in [-0.05, 0) is 54.6 Å². The van der Waals surface area contributed by atoms with Crippen LogP contribution in [0.1, 0.15) is 17.5 Å². The van der Waals surface area contributed by atoms with Crippen LogP contribution in [0.5, 0.6) is 0 Å². The number of fused-ring (bicyclic) bond motifs is 1. The first-order valence-corrected chi connectivity index (χ1v) is 8.31. The number of carbonyl (C=O) groups is 2. The maximum Gasteiger partial charge on any atom is 0.256 e. The van der Waals surface area contributed by atoms with Crippen molar-refractivity contribution in [3.05, 3.63) is 59.8 Å². The predicted octanol–water partition coefficient (Wildman–Crippen LogP) is 3.53. The molecule has 5 nitrogen and oxygen atoms in total. The number of aromatic amines is 1. The molecule has 0 aliphatic carbocycles. The number of rotatable bonds is 3. The monoisotopic (exact) mass is 333 g/mol. The van der Waals surface area contributed by atoms with Crippen LogP contribution < -0.4 is 10.2 Å². The minimum absolute atomic E-state index is 0.162. The second-order valence-corrected chi connectivity index (χ2v) is 6.47. The van der Waals surface area contributed by atoms with Crippen LogP contribution in [0, 0.1) is 13.8 Å². The van der Waals surface area contributed by atoms with E-state index in [4.69, 9.17) is 0 Å². The van der Waals surface area contributed by atoms with E-state index in [1.54, 1.807) is 0 Å². The lowest BCUT2D eigenvalue weighted by atomic mass is 10.1. The van der Waals surface area contributed by atoms with Gasteiger partial charge in [0.1, 0.15) is 6.04 Å². The normalized spacial score (nSPS) is 17.5. The molecule has 1 fully saturated rings. The van der Waals surface area contributed by atoms with E-state index < -0.39 is 6.04 Å². The van der Waals surface area contributed by atoms with Gasteiger partial charge in [-0.3, -0.25) is 9.59 Å². The Morgan fingerprint density at radius 3 is 2.80 bits per heavy atom. The molecule has 1 aliphatic rings. The molecule has 0 radical (unpaired) electrons. The van der Waals surface area contributed by atoms with E-state index in [9.17, 15) is 9.59 Å². The molecule has 4 rings (SSSR count). The van der Waals surface area contributed by atoms with Gasteiger partial charge >= 0.3 is 0 Å². The smallest absolute Gasteiger partial charge is 0.256 e. The minimum Gasteiger partial charge on any atom is -0.373 e. The van der Waals surface area contributed by atoms with Gasteiger partial charge in [-0.2, -0.15) is 0 Å². The number of imide groups is 1. The third-order valence-corrected chi connectivity index (χ3v) is 4.86. The van der Waals surface area contributed by atoms with Crippen molar-refractivity contribution in [1.29, 1.82) is 0 Å². The van der Waals surface area contributed by atoms with Crippen molar-refractivity contribution in [2.24, 2.45) is 0 Å². The number of hydrogen-bond donors (Lipinski definition) is 2. The molecule has 3 aromatic rings. The van der Waals surface area contributed by atoms with E-state index in [0.717, 1.165) is 27.7 Å². The number of hydrogen-bond acceptors (Lipinski definition) is 3. The first-order valence-electron chi connectivity index (χ1n) is 8.31. The van der Waals surface area contributed by atoms with Crippen LogP contribution in [0.15, 0.2) is 48.7 Å². The molecule has 2 heterocycles. The van der Waals surface area contributed by atoms with Gasteiger partial charge in [-0.1, -0.05) is 18.2 Å². The average Bonchev–Trinajstić information content (AvgIpc) is 3.15. The van der Waals surface area contributed by atoms with Gasteiger partial charge in [0, 0.05) is 17.4 Å². The zero-order chi connectivity index (χ0) is 17.6. The maximum atomic E-state index is 12.8. The Balaban J connectivity index is 1.61. The van der Waals surface area contributed by atoms with Crippen LogP contribution >= 0.6 is 0 Å². The van der Waals surface area contributed by atoms with Crippen molar-refractivity contribution in [2.75, 3.05) is 10.2 Å². The van der Waals surface area contributed by atoms with E-state index >= 15 is 0 Å². The number of aromatic nitrogens is 1. The van der Waals surface area contributed by atoms with Gasteiger partial charge in [0.05, 0.1) is 12.1 Å². The van der Waals surface area contributed by atoms with Gasteiger partial charge in [0.2, 0.25) is 5.91 Å². The van der Waals surface area contributed by atoms with Crippen molar-refractivity contribution in [2.45, 2.75) is 26.3 Å². The first kappa shape index (κ1) is 15.4. The third-order valence-electron chi connectivity index (χ3n) is 4.86. The quantitative estimate of drug-likeness (QED) is 0.721. The molecule has 0 spiro atoms. The second kappa shape index (κ2) is 5.77. The van der Waals surface area contributed by atoms with Crippen LogP contribution in [0.2, 0.25) is 0 Å². The average molecular weight is 333 g/mol. The van der Waals surface area contributed by atoms with E-state index in [-0.39, 0.29) is 18.2 Å². The fourth-order valence-electron chi connectivity index (χ4n) is 3.31. The number of nitrogens with one attached hydrogen (secondary N) is 2. The highest BCUT2D eigenvalue weighted by Gasteiger charge is 2.40. The summed E-state index contributed by atoms with van der Waals surface area (Å²) in [5.74, 6) is -0.373. The highest BCUT2D eigenvalue weighted by Crippen LogP contribution is 2.29. The van der Waals surface area contributed by atoms with Crippen molar-refractivity contribution in [3.63, 3.8) is 0 Å². The molecular formula is C20H19N3O2. The zero-order valence-corrected chi connectivity index (χ0v) is 14.2. The number of carbonyl (C=O) groups excluding carboxylic acids is 2. The fourth-order valence-corrected chi connectivity index (χ4v) is 3.31. The van der Waals surface area contributed by atoms with Crippen LogP contribution in [0.3, 0.4) is 0 Å². The van der Waals surface area contributed by atoms with Gasteiger partial charge in [0.15, 0.2) is 0 Å². The van der Waals surface area contributed by atoms with Crippen LogP contribution in [0.25, 0.3) is 10.9 Å². The highest BCUT2D eigenvalue weighted by atomic mass is 16.2. The van der Waals surface area contributed by atoms with Crippen molar-refractivity contribution < 1.29 is 9.59 Å². The molecule has 1 aromatic heterocycles. The van der Waals surface area contributed by atoms with Crippen molar-refractivity contribution in [1.82, 2.24) is 4.98 Å². The molecule has 126 valence electrons. The molecule has 0 unspecified atom stereocenters. The lowest BCUT2D eigenvalue weighted by Gasteiger charge is -2.19. The summed E-state index contributed by atoms with van der Waals surface area (Å²) in [5, 5.41) is 4.31. The molecule has 0 saturated carbocycles. The summed E-state index contributed by atoms with van der Waals surface area (Å²) in [6, 6.07) is 13.0. The summed E-state index contributed by atoms with van der Waals surface area (Å²) in [4.78, 5) is 29.8. The Hall–Kier alpha value is -3.08. The number of benzene rings is 2. The Morgan fingerprint density at radius 1 is 1.12 bits per heavy atom. The van der Waals surface area contributed by atoms with Crippen molar-refractivity contribution >= 4 is 34.1 Å². The van der Waals surface area contributed by atoms with Gasteiger partial charge in [-0.25, -0.2) is 4.90 Å². The van der Waals surface area contributed by atoms with Crippen LogP contribution in [-0.4, -0.2) is 22.8 Å². The Morgan fingerprint density at radius 2 is 1.96 bits per heavy atom. The summed E-state index contributed by atoms with van der Waals surface area (Å²) < 4.78 is 0. The lowest BCUT2D eigenvalue weighted by Crippen LogP contribution is -2.35. The second-order valence-electron chi connectivity index (χ2n) is 6.47. The number of aryl methyl sites for hydroxylation is 1. The van der Waals surface area contributed by atoms with Gasteiger partial charge in [-0.15, -0.1) is 0 Å². The molecule has 2 amide bonds. The SMILES string of the molecule is Cc1cccc(N2C(=O)C[C@@H](Nc3ccc4cc[nH]c4c3)C2=O)c1C. The van der Waals surface area contributed by atoms with Gasteiger partial charge < -0.3 is 10.3 Å². The molecule has 1 saturated heterocycles. The van der Waals surface area contributed by atoms with Gasteiger partial charge in [0.25, 0.3) is 5.91 Å². The summed E-state index contributed by atoms with van der Waals surface area (Å²) in [5.41, 5.74) is 4.51.